The number of benzene rings is 2. The van der Waals surface area contributed by atoms with Crippen LogP contribution >= 0.6 is 0 Å². The van der Waals surface area contributed by atoms with E-state index in [9.17, 15) is 50.8 Å². The zero-order valence-corrected chi connectivity index (χ0v) is 23.3. The van der Waals surface area contributed by atoms with Gasteiger partial charge in [0.05, 0.1) is 19.8 Å². The lowest BCUT2D eigenvalue weighted by atomic mass is 9.97. The fourth-order valence-corrected chi connectivity index (χ4v) is 5.08. The molecule has 0 aliphatic carbocycles. The van der Waals surface area contributed by atoms with E-state index in [-0.39, 0.29) is 28.0 Å². The maximum Gasteiger partial charge on any atom is 0.239 e. The Kier molecular flexibility index (Phi) is 8.90. The normalized spacial score (nSPS) is 32.5. The first-order chi connectivity index (χ1) is 20.9. The van der Waals surface area contributed by atoms with E-state index in [1.807, 2.05) is 0 Å². The van der Waals surface area contributed by atoms with Crippen molar-refractivity contribution in [1.82, 2.24) is 0 Å². The Morgan fingerprint density at radius 2 is 1.52 bits per heavy atom. The van der Waals surface area contributed by atoms with Crippen LogP contribution in [0.2, 0.25) is 0 Å². The van der Waals surface area contributed by atoms with Gasteiger partial charge in [0.15, 0.2) is 23.5 Å². The Bertz CT molecular complexity index is 1550. The highest BCUT2D eigenvalue weighted by molar-refractivity contribution is 5.88. The molecule has 0 amide bonds. The van der Waals surface area contributed by atoms with Crippen LogP contribution in [-0.4, -0.2) is 121 Å². The van der Waals surface area contributed by atoms with Crippen LogP contribution in [0.5, 0.6) is 28.7 Å². The molecular formula is C28H32O16. The number of hydrogen-bond donors (Lipinski definition) is 9. The number of phenolic OH excluding ortho intramolecular Hbond substituents is 3. The van der Waals surface area contributed by atoms with Crippen molar-refractivity contribution >= 4 is 11.0 Å². The predicted molar refractivity (Wildman–Crippen MR) is 145 cm³/mol. The molecule has 2 aliphatic rings. The van der Waals surface area contributed by atoms with Crippen LogP contribution in [0.25, 0.3) is 22.3 Å². The number of aromatic hydroxyl groups is 3. The highest BCUT2D eigenvalue weighted by Gasteiger charge is 2.50. The van der Waals surface area contributed by atoms with E-state index < -0.39 is 96.4 Å². The lowest BCUT2D eigenvalue weighted by Crippen LogP contribution is -2.64. The van der Waals surface area contributed by atoms with Crippen molar-refractivity contribution in [3.8, 4) is 40.1 Å². The van der Waals surface area contributed by atoms with E-state index in [1.165, 1.54) is 26.2 Å². The second-order valence-corrected chi connectivity index (χ2v) is 10.4. The molecule has 0 bridgehead atoms. The third kappa shape index (κ3) is 5.63. The number of hydrogen-bond acceptors (Lipinski definition) is 16. The molecule has 16 nitrogen and oxygen atoms in total. The molecule has 2 fully saturated rings. The third-order valence-electron chi connectivity index (χ3n) is 7.53. The Morgan fingerprint density at radius 1 is 0.818 bits per heavy atom. The number of rotatable bonds is 7. The summed E-state index contributed by atoms with van der Waals surface area (Å²) in [6.07, 6.45) is -16.2. The molecule has 1 aromatic heterocycles. The molecule has 44 heavy (non-hydrogen) atoms. The van der Waals surface area contributed by atoms with E-state index in [4.69, 9.17) is 28.1 Å². The molecule has 10 atom stereocenters. The summed E-state index contributed by atoms with van der Waals surface area (Å²) in [5.41, 5.74) is -1.01. The average Bonchev–Trinajstić information content (AvgIpc) is 2.99. The molecule has 3 heterocycles. The molecule has 3 aromatic rings. The summed E-state index contributed by atoms with van der Waals surface area (Å²) in [5.74, 6) is -2.30. The summed E-state index contributed by atoms with van der Waals surface area (Å²) in [7, 11) is 1.33. The lowest BCUT2D eigenvalue weighted by molar-refractivity contribution is -0.348. The molecule has 5 rings (SSSR count). The second kappa shape index (κ2) is 12.4. The van der Waals surface area contributed by atoms with Gasteiger partial charge in [0.1, 0.15) is 65.2 Å². The van der Waals surface area contributed by atoms with E-state index in [0.717, 1.165) is 18.2 Å². The molecule has 240 valence electrons. The van der Waals surface area contributed by atoms with Crippen molar-refractivity contribution in [2.24, 2.45) is 0 Å². The van der Waals surface area contributed by atoms with E-state index in [1.54, 1.807) is 0 Å². The van der Waals surface area contributed by atoms with Gasteiger partial charge in [-0.05, 0) is 25.1 Å². The summed E-state index contributed by atoms with van der Waals surface area (Å²) in [6.45, 7) is 0.681. The number of aliphatic hydroxyl groups excluding tert-OH is 6. The number of phenols is 3. The molecule has 0 saturated carbocycles. The number of fused-ring (bicyclic) bond motifs is 1. The summed E-state index contributed by atoms with van der Waals surface area (Å²) in [5, 5.41) is 91.9. The van der Waals surface area contributed by atoms with Crippen molar-refractivity contribution < 1.29 is 74.1 Å². The summed E-state index contributed by atoms with van der Waals surface area (Å²) in [6, 6.07) is 5.98. The van der Waals surface area contributed by atoms with Crippen molar-refractivity contribution in [3.05, 3.63) is 40.6 Å². The molecule has 0 unspecified atom stereocenters. The van der Waals surface area contributed by atoms with Gasteiger partial charge >= 0.3 is 0 Å². The van der Waals surface area contributed by atoms with Crippen molar-refractivity contribution in [1.29, 1.82) is 0 Å². The maximum atomic E-state index is 13.7. The van der Waals surface area contributed by atoms with Crippen LogP contribution in [0.4, 0.5) is 0 Å². The van der Waals surface area contributed by atoms with Gasteiger partial charge in [-0.25, -0.2) is 0 Å². The summed E-state index contributed by atoms with van der Waals surface area (Å²) in [4.78, 5) is 13.7. The van der Waals surface area contributed by atoms with Crippen LogP contribution in [0.15, 0.2) is 39.5 Å². The van der Waals surface area contributed by atoms with Crippen LogP contribution in [-0.2, 0) is 14.2 Å². The van der Waals surface area contributed by atoms with Gasteiger partial charge in [-0.3, -0.25) is 4.79 Å². The van der Waals surface area contributed by atoms with Crippen molar-refractivity contribution in [2.75, 3.05) is 13.7 Å². The van der Waals surface area contributed by atoms with Crippen LogP contribution < -0.4 is 14.9 Å². The molecule has 2 saturated heterocycles. The van der Waals surface area contributed by atoms with Crippen LogP contribution in [0.1, 0.15) is 6.92 Å². The number of ether oxygens (including phenoxy) is 5. The van der Waals surface area contributed by atoms with Gasteiger partial charge in [0.25, 0.3) is 0 Å². The van der Waals surface area contributed by atoms with Gasteiger partial charge in [0, 0.05) is 17.7 Å². The highest BCUT2D eigenvalue weighted by atomic mass is 16.7. The SMILES string of the molecule is COc1cc(O)c2c(=O)c(O[C@H]3O[C@@H](C)[C@H](O[C@@H]4O[C@H](CO)[C@@H](O)[C@H](O)[C@H]4O)[C@@H](O)[C@H]3O)c(-c3ccc(O)c(O)c3)oc2c1. The van der Waals surface area contributed by atoms with Gasteiger partial charge < -0.3 is 74.1 Å². The molecule has 0 spiro atoms. The first-order valence-corrected chi connectivity index (χ1v) is 13.4. The van der Waals surface area contributed by atoms with Gasteiger partial charge in [-0.1, -0.05) is 0 Å². The number of aliphatic hydroxyl groups is 6. The van der Waals surface area contributed by atoms with Crippen molar-refractivity contribution in [3.63, 3.8) is 0 Å². The Labute approximate surface area is 248 Å². The zero-order chi connectivity index (χ0) is 32.0. The van der Waals surface area contributed by atoms with Crippen molar-refractivity contribution in [2.45, 2.75) is 68.3 Å². The van der Waals surface area contributed by atoms with Gasteiger partial charge in [-0.15, -0.1) is 0 Å². The molecule has 16 heteroatoms. The monoisotopic (exact) mass is 624 g/mol. The Hall–Kier alpha value is -3.71. The fourth-order valence-electron chi connectivity index (χ4n) is 5.08. The first-order valence-electron chi connectivity index (χ1n) is 13.4. The maximum absolute atomic E-state index is 13.7. The van der Waals surface area contributed by atoms with E-state index >= 15 is 0 Å². The highest BCUT2D eigenvalue weighted by Crippen LogP contribution is 2.40. The smallest absolute Gasteiger partial charge is 0.239 e. The summed E-state index contributed by atoms with van der Waals surface area (Å²) >= 11 is 0. The summed E-state index contributed by atoms with van der Waals surface area (Å²) < 4.78 is 33.4. The van der Waals surface area contributed by atoms with Crippen LogP contribution in [0.3, 0.4) is 0 Å². The minimum absolute atomic E-state index is 0.0410. The molecule has 0 radical (unpaired) electrons. The van der Waals surface area contributed by atoms with E-state index in [2.05, 4.69) is 0 Å². The van der Waals surface area contributed by atoms with Gasteiger partial charge in [0.2, 0.25) is 17.5 Å². The minimum Gasteiger partial charge on any atom is -0.507 e. The molecular weight excluding hydrogens is 592 g/mol. The Balaban J connectivity index is 1.48. The quantitative estimate of drug-likeness (QED) is 0.137. The number of methoxy groups -OCH3 is 1. The van der Waals surface area contributed by atoms with Crippen LogP contribution in [0, 0.1) is 0 Å². The fraction of sp³-hybridized carbons (Fsp3) is 0.464. The zero-order valence-electron chi connectivity index (χ0n) is 23.3. The lowest BCUT2D eigenvalue weighted by Gasteiger charge is -2.45. The third-order valence-corrected chi connectivity index (χ3v) is 7.53. The van der Waals surface area contributed by atoms with Gasteiger partial charge in [-0.2, -0.15) is 0 Å². The topological polar surface area (TPSA) is 258 Å². The Morgan fingerprint density at radius 3 is 2.18 bits per heavy atom. The first kappa shape index (κ1) is 31.7. The largest absolute Gasteiger partial charge is 0.507 e. The minimum atomic E-state index is -1.92. The predicted octanol–water partition coefficient (Wildman–Crippen LogP) is -1.38. The second-order valence-electron chi connectivity index (χ2n) is 10.4. The standard InChI is InChI=1S/C28H32O16/c1-9-24(43-28-22(37)20(35)18(33)16(8-29)42-28)21(36)23(38)27(40-9)44-26-19(34)17-14(32)6-11(39-2)7-15(17)41-25(26)10-3-4-12(30)13(31)5-10/h3-7,9,16,18,20-24,27-33,35-38H,8H2,1-2H3/t9-,16+,18+,20-,21-,22+,23+,24-,27+,28-/m0/s1. The molecule has 9 N–H and O–H groups in total. The average molecular weight is 625 g/mol. The molecule has 2 aliphatic heterocycles. The molecule has 2 aromatic carbocycles. The van der Waals surface area contributed by atoms with E-state index in [0.29, 0.717) is 0 Å².